The molecular weight excluding hydrogens is 332 g/mol. The van der Waals surface area contributed by atoms with Crippen molar-refractivity contribution in [1.82, 2.24) is 9.80 Å². The number of hydrogen-bond acceptors (Lipinski definition) is 4. The molecule has 1 spiro atoms. The molecular formula is C20H30N2O2S. The predicted molar refractivity (Wildman–Crippen MR) is 101 cm³/mol. The molecule has 1 aromatic rings. The molecule has 3 fully saturated rings. The van der Waals surface area contributed by atoms with Crippen LogP contribution in [0.25, 0.3) is 0 Å². The first-order valence-corrected chi connectivity index (χ1v) is 10.8. The summed E-state index contributed by atoms with van der Waals surface area (Å²) in [7, 11) is 0. The van der Waals surface area contributed by atoms with Gasteiger partial charge in [0, 0.05) is 44.8 Å². The third-order valence-electron chi connectivity index (χ3n) is 6.32. The molecule has 0 N–H and O–H groups in total. The van der Waals surface area contributed by atoms with Crippen LogP contribution in [0, 0.1) is 11.3 Å². The summed E-state index contributed by atoms with van der Waals surface area (Å²) in [5.74, 6) is 1.12. The lowest BCUT2D eigenvalue weighted by Gasteiger charge is -2.42. The highest BCUT2D eigenvalue weighted by Gasteiger charge is 2.42. The number of ether oxygens (including phenoxy) is 1. The van der Waals surface area contributed by atoms with Crippen molar-refractivity contribution < 1.29 is 9.53 Å². The number of nitrogens with zero attached hydrogens (tertiary/aromatic N) is 2. The molecule has 25 heavy (non-hydrogen) atoms. The summed E-state index contributed by atoms with van der Waals surface area (Å²) in [4.78, 5) is 17.5. The average Bonchev–Trinajstić information content (AvgIpc) is 3.26. The number of likely N-dealkylation sites (tertiary alicyclic amines) is 2. The summed E-state index contributed by atoms with van der Waals surface area (Å²) >= 11 is 1.68. The van der Waals surface area contributed by atoms with Gasteiger partial charge in [-0.25, -0.2) is 0 Å². The predicted octanol–water partition coefficient (Wildman–Crippen LogP) is 3.03. The van der Waals surface area contributed by atoms with Gasteiger partial charge >= 0.3 is 0 Å². The average molecular weight is 363 g/mol. The summed E-state index contributed by atoms with van der Waals surface area (Å²) in [6, 6.07) is 2.07. The second-order valence-electron chi connectivity index (χ2n) is 8.27. The Morgan fingerprint density at radius 1 is 1.24 bits per heavy atom. The summed E-state index contributed by atoms with van der Waals surface area (Å²) < 4.78 is 5.50. The van der Waals surface area contributed by atoms with Gasteiger partial charge in [-0.2, -0.15) is 11.3 Å². The Kier molecular flexibility index (Phi) is 5.44. The van der Waals surface area contributed by atoms with Gasteiger partial charge in [-0.15, -0.1) is 0 Å². The van der Waals surface area contributed by atoms with E-state index in [-0.39, 0.29) is 0 Å². The van der Waals surface area contributed by atoms with Crippen LogP contribution < -0.4 is 0 Å². The van der Waals surface area contributed by atoms with Crippen molar-refractivity contribution in [3.63, 3.8) is 0 Å². The third kappa shape index (κ3) is 4.26. The fourth-order valence-electron chi connectivity index (χ4n) is 4.92. The Morgan fingerprint density at radius 2 is 2.12 bits per heavy atom. The minimum Gasteiger partial charge on any atom is -0.381 e. The molecule has 4 heterocycles. The lowest BCUT2D eigenvalue weighted by Crippen LogP contribution is -2.47. The Morgan fingerprint density at radius 3 is 2.92 bits per heavy atom. The smallest absolute Gasteiger partial charge is 0.227 e. The van der Waals surface area contributed by atoms with E-state index in [4.69, 9.17) is 4.74 Å². The van der Waals surface area contributed by atoms with Gasteiger partial charge in [-0.3, -0.25) is 4.79 Å². The van der Waals surface area contributed by atoms with Crippen LogP contribution >= 0.6 is 11.3 Å². The number of piperidine rings is 1. The molecule has 1 amide bonds. The summed E-state index contributed by atoms with van der Waals surface area (Å²) in [6.07, 6.45) is 6.77. The molecule has 0 saturated carbocycles. The molecule has 0 aromatic carbocycles. The lowest BCUT2D eigenvalue weighted by molar-refractivity contribution is -0.130. The fourth-order valence-corrected chi connectivity index (χ4v) is 5.59. The topological polar surface area (TPSA) is 32.8 Å². The van der Waals surface area contributed by atoms with E-state index in [2.05, 4.69) is 26.6 Å². The molecule has 138 valence electrons. The van der Waals surface area contributed by atoms with Crippen LogP contribution in [0.4, 0.5) is 0 Å². The first kappa shape index (κ1) is 17.5. The zero-order chi connectivity index (χ0) is 17.1. The molecule has 0 unspecified atom stereocenters. The molecule has 3 aliphatic rings. The Labute approximate surface area is 155 Å². The SMILES string of the molecule is O=C(Cc1ccsc1)N1CC[C@@]2(CCCN(CC3CCOCC3)C2)C1. The molecule has 1 aromatic heterocycles. The number of carbonyl (C=O) groups is 1. The minimum absolute atomic E-state index is 0.317. The van der Waals surface area contributed by atoms with E-state index in [1.165, 1.54) is 57.3 Å². The first-order valence-electron chi connectivity index (χ1n) is 9.81. The van der Waals surface area contributed by atoms with Crippen molar-refractivity contribution in [2.24, 2.45) is 11.3 Å². The standard InChI is InChI=1S/C20H30N2O2S/c23-19(12-18-4-11-25-14-18)22-8-6-20(16-22)5-1-7-21(15-20)13-17-2-9-24-10-3-17/h4,11,14,17H,1-3,5-10,12-13,15-16H2/t20-/m1/s1. The quantitative estimate of drug-likeness (QED) is 0.825. The van der Waals surface area contributed by atoms with Crippen LogP contribution in [0.15, 0.2) is 16.8 Å². The first-order chi connectivity index (χ1) is 12.2. The molecule has 5 heteroatoms. The molecule has 4 rings (SSSR count). The Balaban J connectivity index is 1.31. The monoisotopic (exact) mass is 362 g/mol. The maximum absolute atomic E-state index is 12.6. The Bertz CT molecular complexity index is 570. The third-order valence-corrected chi connectivity index (χ3v) is 7.06. The van der Waals surface area contributed by atoms with Crippen molar-refractivity contribution in [3.05, 3.63) is 22.4 Å². The fraction of sp³-hybridized carbons (Fsp3) is 0.750. The van der Waals surface area contributed by atoms with Crippen LogP contribution in [-0.2, 0) is 16.0 Å². The maximum Gasteiger partial charge on any atom is 0.227 e. The van der Waals surface area contributed by atoms with E-state index < -0.39 is 0 Å². The number of hydrogen-bond donors (Lipinski definition) is 0. The minimum atomic E-state index is 0.317. The molecule has 0 radical (unpaired) electrons. The van der Waals surface area contributed by atoms with Crippen molar-refractivity contribution >= 4 is 17.2 Å². The van der Waals surface area contributed by atoms with E-state index in [9.17, 15) is 4.79 Å². The van der Waals surface area contributed by atoms with Crippen LogP contribution in [0.5, 0.6) is 0 Å². The van der Waals surface area contributed by atoms with Crippen molar-refractivity contribution in [3.8, 4) is 0 Å². The summed E-state index contributed by atoms with van der Waals surface area (Å²) in [6.45, 7) is 7.46. The van der Waals surface area contributed by atoms with Gasteiger partial charge in [0.15, 0.2) is 0 Å². The van der Waals surface area contributed by atoms with Crippen molar-refractivity contribution in [1.29, 1.82) is 0 Å². The van der Waals surface area contributed by atoms with Crippen LogP contribution in [0.3, 0.4) is 0 Å². The van der Waals surface area contributed by atoms with Gasteiger partial charge in [0.2, 0.25) is 5.91 Å². The van der Waals surface area contributed by atoms with E-state index >= 15 is 0 Å². The Hall–Kier alpha value is -0.910. The lowest BCUT2D eigenvalue weighted by atomic mass is 9.79. The van der Waals surface area contributed by atoms with Gasteiger partial charge in [0.1, 0.15) is 0 Å². The molecule has 0 bridgehead atoms. The van der Waals surface area contributed by atoms with Crippen LogP contribution in [-0.4, -0.2) is 61.6 Å². The van der Waals surface area contributed by atoms with Crippen LogP contribution in [0.1, 0.15) is 37.7 Å². The molecule has 3 aliphatic heterocycles. The zero-order valence-corrected chi connectivity index (χ0v) is 15.9. The maximum atomic E-state index is 12.6. The molecule has 1 atom stereocenters. The second-order valence-corrected chi connectivity index (χ2v) is 9.05. The van der Waals surface area contributed by atoms with Gasteiger partial charge in [-0.1, -0.05) is 0 Å². The largest absolute Gasteiger partial charge is 0.381 e. The highest BCUT2D eigenvalue weighted by molar-refractivity contribution is 7.07. The summed E-state index contributed by atoms with van der Waals surface area (Å²) in [5.41, 5.74) is 1.52. The second kappa shape index (κ2) is 7.77. The zero-order valence-electron chi connectivity index (χ0n) is 15.1. The number of amides is 1. The van der Waals surface area contributed by atoms with Crippen molar-refractivity contribution in [2.75, 3.05) is 45.9 Å². The molecule has 0 aliphatic carbocycles. The van der Waals surface area contributed by atoms with Gasteiger partial charge in [0.25, 0.3) is 0 Å². The van der Waals surface area contributed by atoms with Crippen molar-refractivity contribution in [2.45, 2.75) is 38.5 Å². The highest BCUT2D eigenvalue weighted by atomic mass is 32.1. The van der Waals surface area contributed by atoms with Crippen LogP contribution in [0.2, 0.25) is 0 Å². The number of thiophene rings is 1. The van der Waals surface area contributed by atoms with Gasteiger partial charge < -0.3 is 14.5 Å². The van der Waals surface area contributed by atoms with Gasteiger partial charge in [0.05, 0.1) is 6.42 Å². The molecule has 4 nitrogen and oxygen atoms in total. The number of carbonyl (C=O) groups excluding carboxylic acids is 1. The van der Waals surface area contributed by atoms with E-state index in [1.54, 1.807) is 11.3 Å². The normalized spacial score (nSPS) is 28.7. The van der Waals surface area contributed by atoms with E-state index in [1.807, 2.05) is 0 Å². The molecule has 3 saturated heterocycles. The van der Waals surface area contributed by atoms with E-state index in [0.29, 0.717) is 17.7 Å². The van der Waals surface area contributed by atoms with E-state index in [0.717, 1.165) is 32.2 Å². The van der Waals surface area contributed by atoms with Gasteiger partial charge in [-0.05, 0) is 67.0 Å². The summed E-state index contributed by atoms with van der Waals surface area (Å²) in [5, 5.41) is 4.16. The highest BCUT2D eigenvalue weighted by Crippen LogP contribution is 2.39. The number of rotatable bonds is 4.